The van der Waals surface area contributed by atoms with E-state index < -0.39 is 0 Å². The van der Waals surface area contributed by atoms with Gasteiger partial charge >= 0.3 is 0 Å². The molecule has 0 heterocycles. The minimum Gasteiger partial charge on any atom is -0.317 e. The van der Waals surface area contributed by atoms with Crippen LogP contribution >= 0.6 is 27.5 Å². The van der Waals surface area contributed by atoms with Gasteiger partial charge in [-0.3, -0.25) is 0 Å². The molecule has 0 unspecified atom stereocenters. The van der Waals surface area contributed by atoms with Gasteiger partial charge in [0.1, 0.15) is 0 Å². The van der Waals surface area contributed by atoms with E-state index in [2.05, 4.69) is 20.8 Å². The molecule has 1 aromatic carbocycles. The van der Waals surface area contributed by atoms with E-state index in [1.165, 1.54) is 0 Å². The standard InChI is InChI=1S/C9H7BrClN/c1-12-5-4-7-2-3-8(10)9(11)6-7/h2-3,6H,4-5H2. The maximum Gasteiger partial charge on any atom is 0.218 e. The number of hydrogen-bond donors (Lipinski definition) is 0. The van der Waals surface area contributed by atoms with Gasteiger partial charge in [-0.15, -0.1) is 0 Å². The van der Waals surface area contributed by atoms with Gasteiger partial charge in [-0.25, -0.2) is 6.57 Å². The van der Waals surface area contributed by atoms with E-state index in [1.807, 2.05) is 18.2 Å². The first-order valence-electron chi connectivity index (χ1n) is 3.51. The molecule has 0 aromatic heterocycles. The number of rotatable bonds is 2. The molecule has 1 nitrogen and oxygen atoms in total. The van der Waals surface area contributed by atoms with Crippen molar-refractivity contribution in [2.45, 2.75) is 6.42 Å². The molecule has 0 saturated heterocycles. The third-order valence-electron chi connectivity index (χ3n) is 1.50. The Morgan fingerprint density at radius 3 is 2.83 bits per heavy atom. The molecule has 0 saturated carbocycles. The molecule has 0 radical (unpaired) electrons. The highest BCUT2D eigenvalue weighted by molar-refractivity contribution is 9.10. The lowest BCUT2D eigenvalue weighted by atomic mass is 10.1. The lowest BCUT2D eigenvalue weighted by Crippen LogP contribution is -1.87. The summed E-state index contributed by atoms with van der Waals surface area (Å²) in [5.41, 5.74) is 1.11. The van der Waals surface area contributed by atoms with Crippen LogP contribution in [-0.2, 0) is 6.42 Å². The summed E-state index contributed by atoms with van der Waals surface area (Å²) in [7, 11) is 0. The van der Waals surface area contributed by atoms with Crippen molar-refractivity contribution >= 4 is 27.5 Å². The van der Waals surface area contributed by atoms with Crippen LogP contribution < -0.4 is 0 Å². The number of benzene rings is 1. The summed E-state index contributed by atoms with van der Waals surface area (Å²) in [4.78, 5) is 3.28. The van der Waals surface area contributed by atoms with Gasteiger partial charge in [-0.1, -0.05) is 17.7 Å². The smallest absolute Gasteiger partial charge is 0.218 e. The average molecular weight is 245 g/mol. The molecule has 0 bridgehead atoms. The Bertz CT molecular complexity index is 317. The van der Waals surface area contributed by atoms with Crippen LogP contribution in [0.5, 0.6) is 0 Å². The van der Waals surface area contributed by atoms with E-state index in [0.717, 1.165) is 16.5 Å². The molecule has 0 fully saturated rings. The number of nitrogens with zero attached hydrogens (tertiary/aromatic N) is 1. The quantitative estimate of drug-likeness (QED) is 0.701. The maximum atomic E-state index is 6.63. The molecule has 0 atom stereocenters. The summed E-state index contributed by atoms with van der Waals surface area (Å²) in [6.07, 6.45) is 0.774. The fourth-order valence-corrected chi connectivity index (χ4v) is 1.33. The minimum absolute atomic E-state index is 0.526. The van der Waals surface area contributed by atoms with Crippen LogP contribution in [0.15, 0.2) is 22.7 Å². The Kier molecular flexibility index (Phi) is 3.58. The highest BCUT2D eigenvalue weighted by Gasteiger charge is 1.99. The molecule has 3 heteroatoms. The van der Waals surface area contributed by atoms with Crippen LogP contribution in [-0.4, -0.2) is 6.54 Å². The fourth-order valence-electron chi connectivity index (χ4n) is 0.880. The van der Waals surface area contributed by atoms with E-state index in [0.29, 0.717) is 11.6 Å². The molecule has 0 amide bonds. The lowest BCUT2D eigenvalue weighted by Gasteiger charge is -1.98. The monoisotopic (exact) mass is 243 g/mol. The molecular weight excluding hydrogens is 237 g/mol. The SMILES string of the molecule is [C-]#[N+]CCc1ccc(Br)c(Cl)c1. The van der Waals surface area contributed by atoms with Crippen LogP contribution in [0.1, 0.15) is 5.56 Å². The van der Waals surface area contributed by atoms with Gasteiger partial charge in [0.2, 0.25) is 6.54 Å². The fraction of sp³-hybridized carbons (Fsp3) is 0.222. The van der Waals surface area contributed by atoms with E-state index >= 15 is 0 Å². The summed E-state index contributed by atoms with van der Waals surface area (Å²) < 4.78 is 0.899. The topological polar surface area (TPSA) is 4.36 Å². The largest absolute Gasteiger partial charge is 0.317 e. The summed E-state index contributed by atoms with van der Waals surface area (Å²) in [6.45, 7) is 7.16. The molecule has 1 rings (SSSR count). The second-order valence-electron chi connectivity index (χ2n) is 2.38. The lowest BCUT2D eigenvalue weighted by molar-refractivity contribution is 1.08. The Balaban J connectivity index is 2.77. The molecule has 0 N–H and O–H groups in total. The van der Waals surface area contributed by atoms with Crippen molar-refractivity contribution in [3.05, 3.63) is 44.7 Å². The van der Waals surface area contributed by atoms with Crippen LogP contribution in [0.2, 0.25) is 5.02 Å². The zero-order valence-electron chi connectivity index (χ0n) is 6.35. The Morgan fingerprint density at radius 2 is 2.25 bits per heavy atom. The molecule has 1 aromatic rings. The van der Waals surface area contributed by atoms with Crippen molar-refractivity contribution in [3.8, 4) is 0 Å². The van der Waals surface area contributed by atoms with Crippen molar-refractivity contribution in [1.29, 1.82) is 0 Å². The summed E-state index contributed by atoms with van der Waals surface area (Å²) in [5.74, 6) is 0. The minimum atomic E-state index is 0.526. The average Bonchev–Trinajstić information content (AvgIpc) is 2.07. The Hall–Kier alpha value is -0.520. The van der Waals surface area contributed by atoms with Gasteiger partial charge in [0.15, 0.2) is 0 Å². The molecule has 0 spiro atoms. The molecule has 0 aliphatic rings. The summed E-state index contributed by atoms with van der Waals surface area (Å²) in [6, 6.07) is 5.76. The highest BCUT2D eigenvalue weighted by Crippen LogP contribution is 2.23. The second kappa shape index (κ2) is 4.49. The number of halogens is 2. The van der Waals surface area contributed by atoms with E-state index in [-0.39, 0.29) is 0 Å². The van der Waals surface area contributed by atoms with Crippen LogP contribution in [0, 0.1) is 6.57 Å². The first kappa shape index (κ1) is 9.57. The van der Waals surface area contributed by atoms with Crippen LogP contribution in [0.4, 0.5) is 0 Å². The molecule has 0 aliphatic heterocycles. The van der Waals surface area contributed by atoms with Gasteiger partial charge in [0, 0.05) is 10.9 Å². The van der Waals surface area contributed by atoms with E-state index in [4.69, 9.17) is 18.2 Å². The highest BCUT2D eigenvalue weighted by atomic mass is 79.9. The zero-order valence-corrected chi connectivity index (χ0v) is 8.69. The zero-order chi connectivity index (χ0) is 8.97. The van der Waals surface area contributed by atoms with Crippen molar-refractivity contribution in [2.24, 2.45) is 0 Å². The predicted octanol–water partition coefficient (Wildman–Crippen LogP) is 3.56. The first-order valence-corrected chi connectivity index (χ1v) is 4.68. The molecule has 62 valence electrons. The van der Waals surface area contributed by atoms with Crippen molar-refractivity contribution < 1.29 is 0 Å². The maximum absolute atomic E-state index is 6.63. The molecular formula is C9H7BrClN. The number of hydrogen-bond acceptors (Lipinski definition) is 0. The van der Waals surface area contributed by atoms with Crippen molar-refractivity contribution in [1.82, 2.24) is 0 Å². The van der Waals surface area contributed by atoms with Gasteiger partial charge in [-0.2, -0.15) is 0 Å². The summed E-state index contributed by atoms with van der Waals surface area (Å²) in [5, 5.41) is 0.706. The van der Waals surface area contributed by atoms with E-state index in [1.54, 1.807) is 0 Å². The third kappa shape index (κ3) is 2.51. The van der Waals surface area contributed by atoms with Crippen molar-refractivity contribution in [2.75, 3.05) is 6.54 Å². The van der Waals surface area contributed by atoms with Gasteiger partial charge in [0.05, 0.1) is 5.02 Å². The van der Waals surface area contributed by atoms with Crippen LogP contribution in [0.25, 0.3) is 4.85 Å². The van der Waals surface area contributed by atoms with E-state index in [9.17, 15) is 0 Å². The first-order chi connectivity index (χ1) is 5.74. The Labute approximate surface area is 85.3 Å². The van der Waals surface area contributed by atoms with Gasteiger partial charge in [-0.05, 0) is 33.6 Å². The molecule has 0 aliphatic carbocycles. The summed E-state index contributed by atoms with van der Waals surface area (Å²) >= 11 is 9.17. The predicted molar refractivity (Wildman–Crippen MR) is 54.3 cm³/mol. The van der Waals surface area contributed by atoms with Gasteiger partial charge < -0.3 is 4.85 Å². The van der Waals surface area contributed by atoms with Gasteiger partial charge in [0.25, 0.3) is 0 Å². The normalized spacial score (nSPS) is 9.42. The van der Waals surface area contributed by atoms with Crippen LogP contribution in [0.3, 0.4) is 0 Å². The Morgan fingerprint density at radius 1 is 1.50 bits per heavy atom. The molecule has 12 heavy (non-hydrogen) atoms. The second-order valence-corrected chi connectivity index (χ2v) is 3.64. The van der Waals surface area contributed by atoms with Crippen molar-refractivity contribution in [3.63, 3.8) is 0 Å². The third-order valence-corrected chi connectivity index (χ3v) is 2.73.